The predicted molar refractivity (Wildman–Crippen MR) is 148 cm³/mol. The number of amides is 4. The molecule has 2 aromatic carbocycles. The van der Waals surface area contributed by atoms with Gasteiger partial charge in [0.2, 0.25) is 17.6 Å². The molecule has 212 valence electrons. The Morgan fingerprint density at radius 3 is 2.10 bits per heavy atom. The number of hydrogen-bond donors (Lipinski definition) is 5. The lowest BCUT2D eigenvalue weighted by Crippen LogP contribution is -2.57. The third kappa shape index (κ3) is 5.62. The van der Waals surface area contributed by atoms with Gasteiger partial charge < -0.3 is 26.4 Å². The number of carbonyl (C=O) groups excluding carboxylic acids is 5. The maximum absolute atomic E-state index is 13.8. The molecule has 3 atom stereocenters. The topological polar surface area (TPSA) is 154 Å². The number of aliphatic hydroxyl groups is 1. The van der Waals surface area contributed by atoms with Crippen LogP contribution in [0, 0.1) is 11.8 Å². The average molecular weight is 549 g/mol. The summed E-state index contributed by atoms with van der Waals surface area (Å²) in [4.78, 5) is 64.9. The van der Waals surface area contributed by atoms with Crippen LogP contribution in [0.15, 0.2) is 48.5 Å². The van der Waals surface area contributed by atoms with Gasteiger partial charge in [-0.1, -0.05) is 62.4 Å². The summed E-state index contributed by atoms with van der Waals surface area (Å²) in [5.41, 5.74) is 0.245. The summed E-state index contributed by atoms with van der Waals surface area (Å²) in [6.45, 7) is 6.10. The molecule has 1 saturated heterocycles. The van der Waals surface area contributed by atoms with Gasteiger partial charge in [0.05, 0.1) is 6.04 Å². The van der Waals surface area contributed by atoms with Gasteiger partial charge >= 0.3 is 0 Å². The second-order valence-electron chi connectivity index (χ2n) is 10.8. The summed E-state index contributed by atoms with van der Waals surface area (Å²) in [5, 5.41) is 22.4. The van der Waals surface area contributed by atoms with Crippen molar-refractivity contribution in [3.63, 3.8) is 0 Å². The molecule has 4 amide bonds. The lowest BCUT2D eigenvalue weighted by atomic mass is 9.89. The zero-order chi connectivity index (χ0) is 29.0. The molecule has 0 bridgehead atoms. The second kappa shape index (κ2) is 12.0. The van der Waals surface area contributed by atoms with E-state index < -0.39 is 47.1 Å². The number of likely N-dealkylation sites (N-methyl/N-ethyl adjacent to an activating group) is 1. The molecule has 2 aromatic rings. The number of benzene rings is 2. The van der Waals surface area contributed by atoms with Crippen LogP contribution < -0.4 is 21.3 Å². The van der Waals surface area contributed by atoms with Crippen LogP contribution in [0.3, 0.4) is 0 Å². The quantitative estimate of drug-likeness (QED) is 0.266. The number of hydrogen-bond acceptors (Lipinski definition) is 6. The van der Waals surface area contributed by atoms with E-state index in [1.165, 1.54) is 0 Å². The van der Waals surface area contributed by atoms with Crippen LogP contribution in [0.2, 0.25) is 0 Å². The fraction of sp³-hybridized carbons (Fsp3) is 0.433. The van der Waals surface area contributed by atoms with Gasteiger partial charge in [-0.3, -0.25) is 24.0 Å². The van der Waals surface area contributed by atoms with Gasteiger partial charge in [-0.15, -0.1) is 0 Å². The van der Waals surface area contributed by atoms with Crippen molar-refractivity contribution in [2.75, 3.05) is 13.1 Å². The molecule has 5 N–H and O–H groups in total. The molecule has 4 rings (SSSR count). The highest BCUT2D eigenvalue weighted by Gasteiger charge is 2.48. The van der Waals surface area contributed by atoms with E-state index in [1.807, 2.05) is 38.1 Å². The van der Waals surface area contributed by atoms with Crippen LogP contribution >= 0.6 is 0 Å². The Hall–Kier alpha value is -4.05. The molecule has 1 aliphatic carbocycles. The van der Waals surface area contributed by atoms with Crippen LogP contribution in [0.5, 0.6) is 0 Å². The first kappa shape index (κ1) is 28.9. The molecule has 0 spiro atoms. The molecule has 2 aliphatic rings. The smallest absolute Gasteiger partial charge is 0.289 e. The summed E-state index contributed by atoms with van der Waals surface area (Å²) in [6, 6.07) is 11.8. The maximum atomic E-state index is 13.8. The molecule has 10 nitrogen and oxygen atoms in total. The summed E-state index contributed by atoms with van der Waals surface area (Å²) in [6.07, 6.45) is 0.648. The lowest BCUT2D eigenvalue weighted by molar-refractivity contribution is -0.142. The van der Waals surface area contributed by atoms with Crippen molar-refractivity contribution in [3.8, 4) is 11.1 Å². The SMILES string of the molecule is CCNC(=O)C(=O)[C@@H](C[C@H]1CCNC1=O)NC(=O)[C@@H](CC(C)C)NC(=O)C1(O)c2ccccc2-c2ccccc21. The molecular weight excluding hydrogens is 512 g/mol. The fourth-order valence-electron chi connectivity index (χ4n) is 5.49. The molecule has 1 aliphatic heterocycles. The van der Waals surface area contributed by atoms with Crippen LogP contribution in [0.25, 0.3) is 11.1 Å². The van der Waals surface area contributed by atoms with Crippen LogP contribution in [0.4, 0.5) is 0 Å². The highest BCUT2D eigenvalue weighted by atomic mass is 16.3. The number of nitrogens with one attached hydrogen (secondary N) is 4. The van der Waals surface area contributed by atoms with Crippen molar-refractivity contribution in [1.82, 2.24) is 21.3 Å². The number of fused-ring (bicyclic) bond motifs is 3. The predicted octanol–water partition coefficient (Wildman–Crippen LogP) is 1.15. The number of Topliss-reactive ketones (excluding diaryl/α,β-unsaturated/α-hetero) is 1. The summed E-state index contributed by atoms with van der Waals surface area (Å²) in [5.74, 6) is -3.97. The van der Waals surface area contributed by atoms with Gasteiger partial charge in [0, 0.05) is 30.1 Å². The van der Waals surface area contributed by atoms with E-state index in [4.69, 9.17) is 0 Å². The van der Waals surface area contributed by atoms with Crippen molar-refractivity contribution in [2.24, 2.45) is 11.8 Å². The van der Waals surface area contributed by atoms with Gasteiger partial charge in [-0.25, -0.2) is 0 Å². The lowest BCUT2D eigenvalue weighted by Gasteiger charge is -2.29. The zero-order valence-corrected chi connectivity index (χ0v) is 23.0. The Balaban J connectivity index is 1.60. The highest BCUT2D eigenvalue weighted by Crippen LogP contribution is 2.47. The van der Waals surface area contributed by atoms with E-state index in [-0.39, 0.29) is 31.2 Å². The zero-order valence-electron chi connectivity index (χ0n) is 23.0. The monoisotopic (exact) mass is 548 g/mol. The first-order valence-corrected chi connectivity index (χ1v) is 13.7. The minimum absolute atomic E-state index is 0.0352. The second-order valence-corrected chi connectivity index (χ2v) is 10.8. The van der Waals surface area contributed by atoms with E-state index in [9.17, 15) is 29.1 Å². The average Bonchev–Trinajstić information content (AvgIpc) is 3.46. The Morgan fingerprint density at radius 2 is 1.57 bits per heavy atom. The maximum Gasteiger partial charge on any atom is 0.289 e. The third-order valence-electron chi connectivity index (χ3n) is 7.46. The number of ketones is 1. The van der Waals surface area contributed by atoms with Gasteiger partial charge in [0.25, 0.3) is 11.8 Å². The number of rotatable bonds is 11. The molecule has 1 heterocycles. The van der Waals surface area contributed by atoms with E-state index in [0.717, 1.165) is 11.1 Å². The minimum atomic E-state index is -2.03. The molecule has 0 saturated carbocycles. The summed E-state index contributed by atoms with van der Waals surface area (Å²) < 4.78 is 0. The van der Waals surface area contributed by atoms with Gasteiger partial charge in [0.15, 0.2) is 5.60 Å². The molecule has 0 aromatic heterocycles. The molecule has 10 heteroatoms. The van der Waals surface area contributed by atoms with Crippen LogP contribution in [-0.2, 0) is 29.6 Å². The molecule has 0 radical (unpaired) electrons. The molecule has 1 fully saturated rings. The molecular formula is C30H36N4O6. The Labute approximate surface area is 233 Å². The molecule has 0 unspecified atom stereocenters. The number of carbonyl (C=O) groups is 5. The standard InChI is InChI=1S/C30H36N4O6/c1-4-31-28(38)25(35)23(16-18-13-14-32-26(18)36)33-27(37)24(15-17(2)3)34-29(39)30(40)21-11-7-5-9-19(21)20-10-6-8-12-22(20)30/h5-12,17-18,23-24,40H,4,13-16H2,1-3H3,(H,31,38)(H,32,36)(H,33,37)(H,34,39)/t18-,23-,24-/m1/s1. The Morgan fingerprint density at radius 1 is 0.975 bits per heavy atom. The molecule has 40 heavy (non-hydrogen) atoms. The van der Waals surface area contributed by atoms with Gasteiger partial charge in [0.1, 0.15) is 6.04 Å². The minimum Gasteiger partial charge on any atom is -0.372 e. The van der Waals surface area contributed by atoms with E-state index in [2.05, 4.69) is 21.3 Å². The Bertz CT molecular complexity index is 1280. The van der Waals surface area contributed by atoms with E-state index in [1.54, 1.807) is 31.2 Å². The van der Waals surface area contributed by atoms with Crippen LogP contribution in [0.1, 0.15) is 51.2 Å². The fourth-order valence-corrected chi connectivity index (χ4v) is 5.49. The first-order valence-electron chi connectivity index (χ1n) is 13.7. The third-order valence-corrected chi connectivity index (χ3v) is 7.46. The van der Waals surface area contributed by atoms with Crippen molar-refractivity contribution < 1.29 is 29.1 Å². The van der Waals surface area contributed by atoms with Gasteiger partial charge in [-0.05, 0) is 43.2 Å². The first-order chi connectivity index (χ1) is 19.1. The van der Waals surface area contributed by atoms with Crippen molar-refractivity contribution in [2.45, 2.75) is 57.7 Å². The normalized spacial score (nSPS) is 18.2. The van der Waals surface area contributed by atoms with Gasteiger partial charge in [-0.2, -0.15) is 0 Å². The van der Waals surface area contributed by atoms with Crippen molar-refractivity contribution in [3.05, 3.63) is 59.7 Å². The van der Waals surface area contributed by atoms with E-state index >= 15 is 0 Å². The van der Waals surface area contributed by atoms with E-state index in [0.29, 0.717) is 24.1 Å². The summed E-state index contributed by atoms with van der Waals surface area (Å²) >= 11 is 0. The Kier molecular flexibility index (Phi) is 8.68. The largest absolute Gasteiger partial charge is 0.372 e. The van der Waals surface area contributed by atoms with Crippen molar-refractivity contribution in [1.29, 1.82) is 0 Å². The van der Waals surface area contributed by atoms with Crippen molar-refractivity contribution >= 4 is 29.4 Å². The summed E-state index contributed by atoms with van der Waals surface area (Å²) in [7, 11) is 0. The van der Waals surface area contributed by atoms with Crippen LogP contribution in [-0.4, -0.2) is 59.7 Å². The highest BCUT2D eigenvalue weighted by molar-refractivity contribution is 6.38.